The number of nitrogens with one attached hydrogen (secondary N) is 1. The van der Waals surface area contributed by atoms with Crippen molar-refractivity contribution in [3.8, 4) is 6.07 Å². The van der Waals surface area contributed by atoms with Gasteiger partial charge < -0.3 is 5.32 Å². The number of carbonyl (C=O) groups excluding carboxylic acids is 2. The van der Waals surface area contributed by atoms with Crippen LogP contribution in [0.2, 0.25) is 5.02 Å². The number of aryl methyl sites for hydroxylation is 1. The highest BCUT2D eigenvalue weighted by molar-refractivity contribution is 6.30. The number of amides is 1. The molecule has 1 atom stereocenters. The van der Waals surface area contributed by atoms with Crippen LogP contribution in [0, 0.1) is 24.2 Å². The van der Waals surface area contributed by atoms with Crippen molar-refractivity contribution in [2.24, 2.45) is 5.92 Å². The Morgan fingerprint density at radius 2 is 1.94 bits per heavy atom. The summed E-state index contributed by atoms with van der Waals surface area (Å²) in [7, 11) is 0. The highest BCUT2D eigenvalue weighted by atomic mass is 35.5. The molecule has 7 heteroatoms. The molecule has 1 aromatic heterocycles. The molecule has 0 radical (unpaired) electrons. The fourth-order valence-electron chi connectivity index (χ4n) is 4.17. The fraction of sp³-hybridized carbons (Fsp3) is 0.385. The molecule has 0 aliphatic rings. The molecule has 1 amide bonds. The van der Waals surface area contributed by atoms with Gasteiger partial charge in [0, 0.05) is 40.7 Å². The van der Waals surface area contributed by atoms with Gasteiger partial charge in [-0.05, 0) is 74.1 Å². The molecular weight excluding hydrogens is 436 g/mol. The lowest BCUT2D eigenvalue weighted by Crippen LogP contribution is -2.24. The van der Waals surface area contributed by atoms with Gasteiger partial charge in [-0.3, -0.25) is 14.3 Å². The number of halogens is 1. The van der Waals surface area contributed by atoms with Crippen LogP contribution in [-0.4, -0.2) is 28.0 Å². The van der Waals surface area contributed by atoms with Crippen molar-refractivity contribution in [3.63, 3.8) is 0 Å². The second-order valence-corrected chi connectivity index (χ2v) is 8.78. The number of hydrogen-bond acceptors (Lipinski definition) is 4. The van der Waals surface area contributed by atoms with E-state index in [-0.39, 0.29) is 18.2 Å². The fourth-order valence-corrected chi connectivity index (χ4v) is 4.29. The molecule has 1 N–H and O–H groups in total. The molecule has 3 rings (SSSR count). The third-order valence-corrected chi connectivity index (χ3v) is 6.16. The maximum Gasteiger partial charge on any atom is 0.252 e. The molecule has 0 aliphatic carbocycles. The Kier molecular flexibility index (Phi) is 8.62. The molecule has 0 saturated heterocycles. The summed E-state index contributed by atoms with van der Waals surface area (Å²) in [5, 5.41) is 17.6. The van der Waals surface area contributed by atoms with Gasteiger partial charge in [0.25, 0.3) is 5.91 Å². The Morgan fingerprint density at radius 1 is 1.18 bits per heavy atom. The van der Waals surface area contributed by atoms with Crippen LogP contribution in [0.25, 0.3) is 10.9 Å². The van der Waals surface area contributed by atoms with E-state index in [1.54, 1.807) is 30.3 Å². The summed E-state index contributed by atoms with van der Waals surface area (Å²) in [6.45, 7) is 4.82. The van der Waals surface area contributed by atoms with Crippen molar-refractivity contribution in [1.82, 2.24) is 15.1 Å². The van der Waals surface area contributed by atoms with Gasteiger partial charge in [0.2, 0.25) is 0 Å². The van der Waals surface area contributed by atoms with E-state index < -0.39 is 0 Å². The maximum atomic E-state index is 12.5. The van der Waals surface area contributed by atoms with Crippen LogP contribution in [-0.2, 0) is 6.54 Å². The van der Waals surface area contributed by atoms with Gasteiger partial charge in [0.1, 0.15) is 6.54 Å². The number of rotatable bonds is 11. The van der Waals surface area contributed by atoms with Gasteiger partial charge in [-0.25, -0.2) is 0 Å². The van der Waals surface area contributed by atoms with Crippen molar-refractivity contribution in [2.45, 2.75) is 52.5 Å². The van der Waals surface area contributed by atoms with Crippen molar-refractivity contribution < 1.29 is 9.59 Å². The minimum atomic E-state index is -0.252. The Balaban J connectivity index is 1.64. The molecule has 2 aromatic carbocycles. The average Bonchev–Trinajstić information content (AvgIpc) is 3.21. The highest BCUT2D eigenvalue weighted by Crippen LogP contribution is 2.24. The molecule has 172 valence electrons. The van der Waals surface area contributed by atoms with E-state index in [9.17, 15) is 9.59 Å². The third kappa shape index (κ3) is 6.43. The lowest BCUT2D eigenvalue weighted by atomic mass is 9.95. The van der Waals surface area contributed by atoms with Crippen LogP contribution in [0.1, 0.15) is 65.3 Å². The molecule has 6 nitrogen and oxygen atoms in total. The van der Waals surface area contributed by atoms with E-state index in [1.165, 1.54) is 0 Å². The number of aromatic nitrogens is 2. The van der Waals surface area contributed by atoms with Crippen LogP contribution in [0.5, 0.6) is 0 Å². The van der Waals surface area contributed by atoms with Crippen LogP contribution >= 0.6 is 11.6 Å². The number of nitriles is 1. The molecule has 0 bridgehead atoms. The van der Waals surface area contributed by atoms with Gasteiger partial charge in [0.15, 0.2) is 5.78 Å². The Bertz CT molecular complexity index is 1160. The monoisotopic (exact) mass is 464 g/mol. The SMILES string of the molecule is CCCC(CCCC(=O)c1ccc(Cl)cc1)Cn1cc2c(C)c(C(=O)NCC#N)ccc2n1. The molecule has 0 fully saturated rings. The van der Waals surface area contributed by atoms with Crippen molar-refractivity contribution in [2.75, 3.05) is 6.54 Å². The van der Waals surface area contributed by atoms with Crippen LogP contribution in [0.15, 0.2) is 42.6 Å². The molecule has 0 saturated carbocycles. The standard InChI is InChI=1S/C26H29ClN4O2/c1-3-5-19(6-4-7-25(32)20-8-10-21(27)11-9-20)16-31-17-23-18(2)22(12-13-24(23)30-31)26(33)29-15-14-28/h8-13,17,19H,3-7,15-16H2,1-2H3,(H,29,33). The van der Waals surface area contributed by atoms with Gasteiger partial charge in [-0.2, -0.15) is 10.4 Å². The van der Waals surface area contributed by atoms with Gasteiger partial charge in [-0.15, -0.1) is 0 Å². The predicted octanol–water partition coefficient (Wildman–Crippen LogP) is 5.72. The maximum absolute atomic E-state index is 12.5. The van der Waals surface area contributed by atoms with Gasteiger partial charge in [-0.1, -0.05) is 24.9 Å². The molecule has 33 heavy (non-hydrogen) atoms. The second kappa shape index (κ2) is 11.6. The third-order valence-electron chi connectivity index (χ3n) is 5.90. The number of Topliss-reactive ketones (excluding diaryl/α,β-unsaturated/α-hetero) is 1. The Morgan fingerprint density at radius 3 is 2.64 bits per heavy atom. The van der Waals surface area contributed by atoms with Gasteiger partial charge >= 0.3 is 0 Å². The predicted molar refractivity (Wildman–Crippen MR) is 130 cm³/mol. The summed E-state index contributed by atoms with van der Waals surface area (Å²) in [6, 6.07) is 12.6. The minimum Gasteiger partial charge on any atom is -0.339 e. The number of ketones is 1. The van der Waals surface area contributed by atoms with E-state index in [0.717, 1.165) is 48.7 Å². The zero-order valence-electron chi connectivity index (χ0n) is 19.1. The van der Waals surface area contributed by atoms with Crippen LogP contribution in [0.3, 0.4) is 0 Å². The summed E-state index contributed by atoms with van der Waals surface area (Å²) < 4.78 is 1.95. The lowest BCUT2D eigenvalue weighted by molar-refractivity contribution is 0.0955. The number of fused-ring (bicyclic) bond motifs is 1. The Labute approximate surface area is 199 Å². The first kappa shape index (κ1) is 24.5. The smallest absolute Gasteiger partial charge is 0.252 e. The summed E-state index contributed by atoms with van der Waals surface area (Å²) in [6.07, 6.45) is 6.42. The Hall–Kier alpha value is -3.17. The van der Waals surface area contributed by atoms with E-state index >= 15 is 0 Å². The summed E-state index contributed by atoms with van der Waals surface area (Å²) >= 11 is 5.91. The second-order valence-electron chi connectivity index (χ2n) is 8.34. The zero-order valence-corrected chi connectivity index (χ0v) is 19.9. The van der Waals surface area contributed by atoms with Crippen molar-refractivity contribution in [3.05, 3.63) is 64.3 Å². The van der Waals surface area contributed by atoms with E-state index in [4.69, 9.17) is 22.0 Å². The van der Waals surface area contributed by atoms with Crippen molar-refractivity contribution in [1.29, 1.82) is 5.26 Å². The topological polar surface area (TPSA) is 87.8 Å². The number of nitrogens with zero attached hydrogens (tertiary/aromatic N) is 3. The van der Waals surface area contributed by atoms with Crippen LogP contribution < -0.4 is 5.32 Å². The molecule has 1 unspecified atom stereocenters. The zero-order chi connectivity index (χ0) is 23.8. The first-order chi connectivity index (χ1) is 15.9. The summed E-state index contributed by atoms with van der Waals surface area (Å²) in [4.78, 5) is 24.8. The average molecular weight is 465 g/mol. The highest BCUT2D eigenvalue weighted by Gasteiger charge is 2.16. The molecular formula is C26H29ClN4O2. The lowest BCUT2D eigenvalue weighted by Gasteiger charge is -2.16. The molecule has 1 heterocycles. The quantitative estimate of drug-likeness (QED) is 0.290. The molecule has 0 spiro atoms. The number of benzene rings is 2. The minimum absolute atomic E-state index is 0.0191. The van der Waals surface area contributed by atoms with E-state index in [0.29, 0.717) is 28.5 Å². The molecule has 3 aromatic rings. The van der Waals surface area contributed by atoms with E-state index in [2.05, 4.69) is 12.2 Å². The number of carbonyl (C=O) groups is 2. The summed E-state index contributed by atoms with van der Waals surface area (Å²) in [5.41, 5.74) is 2.96. The van der Waals surface area contributed by atoms with E-state index in [1.807, 2.05) is 29.9 Å². The first-order valence-corrected chi connectivity index (χ1v) is 11.7. The van der Waals surface area contributed by atoms with Crippen LogP contribution in [0.4, 0.5) is 0 Å². The summed E-state index contributed by atoms with van der Waals surface area (Å²) in [5.74, 6) is 0.309. The number of hydrogen-bond donors (Lipinski definition) is 1. The largest absolute Gasteiger partial charge is 0.339 e. The van der Waals surface area contributed by atoms with Crippen molar-refractivity contribution >= 4 is 34.2 Å². The van der Waals surface area contributed by atoms with Gasteiger partial charge in [0.05, 0.1) is 11.6 Å². The first-order valence-electron chi connectivity index (χ1n) is 11.3. The molecule has 0 aliphatic heterocycles. The normalized spacial score (nSPS) is 11.8.